The van der Waals surface area contributed by atoms with Crippen LogP contribution in [0.4, 0.5) is 0 Å². The van der Waals surface area contributed by atoms with Crippen LogP contribution in [0, 0.1) is 5.92 Å². The molecule has 4 aromatic rings. The van der Waals surface area contributed by atoms with Gasteiger partial charge in [0.05, 0.1) is 39.0 Å². The minimum atomic E-state index is -1.93. The Morgan fingerprint density at radius 2 is 0.708 bits per heavy atom. The number of hydrogen-bond donors (Lipinski definition) is 24. The van der Waals surface area contributed by atoms with Crippen LogP contribution in [0.25, 0.3) is 0 Å². The van der Waals surface area contributed by atoms with Gasteiger partial charge in [0.25, 0.3) is 0 Å². The number of nitrogens with two attached hydrogens (primary N) is 2. The predicted octanol–water partition coefficient (Wildman–Crippen LogP) is -5.06. The third-order valence-electron chi connectivity index (χ3n) is 17.8. The van der Waals surface area contributed by atoms with E-state index < -0.39 is 235 Å². The van der Waals surface area contributed by atoms with Crippen LogP contribution in [0.15, 0.2) is 109 Å². The molecule has 120 heavy (non-hydrogen) atoms. The van der Waals surface area contributed by atoms with E-state index in [0.29, 0.717) is 35.1 Å². The second kappa shape index (κ2) is 52.7. The fraction of sp³-hybridized carbons (Fsp3) is 0.455. The van der Waals surface area contributed by atoms with Gasteiger partial charge in [0.2, 0.25) is 88.6 Å². The zero-order chi connectivity index (χ0) is 89.1. The van der Waals surface area contributed by atoms with Crippen molar-refractivity contribution >= 4 is 144 Å². The first kappa shape index (κ1) is 100. The number of thioether (sulfide) groups is 1. The molecule has 0 unspecified atom stereocenters. The van der Waals surface area contributed by atoms with Crippen molar-refractivity contribution in [3.05, 3.63) is 131 Å². The molecule has 4 rings (SSSR count). The molecule has 0 spiro atoms. The number of hydrogen-bond acceptors (Lipinski definition) is 25. The SMILES string of the molecule is CSCC[C@H](NC(=O)[C@@H](Cc1ccc(O)cc1)NC(=O)[C@H](CS)NC(=O)[C@H](C)NC(=O)[C@H](Cc1ccc(O)cc1)NC(=O)[C@H](Cc1ccccc1)NC(=O)CNC(=O)[C@H](CC(=O)O)NC(=O)[C@H](CS)NC(=O)[C@@H](Cc1ccccc1)NC(=O)CNC(=O)CNC(=O)CN)C(=O)N[C@@H](CC(=O)O)C(=O)N[C@H](C(=O)N[C@@H](CCCCN)C(=O)O)C(C)C. The Bertz CT molecular complexity index is 4180. The van der Waals surface area contributed by atoms with Crippen molar-refractivity contribution in [2.45, 2.75) is 157 Å². The number of rotatable bonds is 53. The average molecular weight is 1730 g/mol. The van der Waals surface area contributed by atoms with E-state index in [9.17, 15) is 112 Å². The van der Waals surface area contributed by atoms with Crippen molar-refractivity contribution in [1.29, 1.82) is 0 Å². The molecule has 40 nitrogen and oxygen atoms in total. The van der Waals surface area contributed by atoms with Crippen LogP contribution in [0.3, 0.4) is 0 Å². The van der Waals surface area contributed by atoms with Gasteiger partial charge < -0.3 is 117 Å². The van der Waals surface area contributed by atoms with Crippen LogP contribution in [0.2, 0.25) is 0 Å². The van der Waals surface area contributed by atoms with Crippen molar-refractivity contribution in [2.24, 2.45) is 17.4 Å². The molecule has 15 amide bonds. The molecule has 0 aromatic heterocycles. The highest BCUT2D eigenvalue weighted by Crippen LogP contribution is 2.17. The number of carboxylic acid groups (broad SMARTS) is 3. The fourth-order valence-corrected chi connectivity index (χ4v) is 12.3. The van der Waals surface area contributed by atoms with Crippen molar-refractivity contribution in [3.63, 3.8) is 0 Å². The highest BCUT2D eigenvalue weighted by molar-refractivity contribution is 7.98. The summed E-state index contributed by atoms with van der Waals surface area (Å²) in [6.45, 7) is 2.00. The normalized spacial score (nSPS) is 13.9. The second-order valence-electron chi connectivity index (χ2n) is 27.8. The monoisotopic (exact) mass is 1730 g/mol. The molecule has 654 valence electrons. The van der Waals surface area contributed by atoms with Gasteiger partial charge in [-0.1, -0.05) is 98.8 Å². The predicted molar refractivity (Wildman–Crippen MR) is 441 cm³/mol. The van der Waals surface area contributed by atoms with E-state index in [-0.39, 0.29) is 62.3 Å². The lowest BCUT2D eigenvalue weighted by molar-refractivity contribution is -0.143. The number of unbranched alkanes of at least 4 members (excludes halogenated alkanes) is 1. The molecule has 0 aliphatic rings. The van der Waals surface area contributed by atoms with E-state index in [1.807, 2.05) is 0 Å². The summed E-state index contributed by atoms with van der Waals surface area (Å²) < 4.78 is 0. The summed E-state index contributed by atoms with van der Waals surface area (Å²) in [5.41, 5.74) is 12.5. The first-order chi connectivity index (χ1) is 57.0. The maximum Gasteiger partial charge on any atom is 0.326 e. The third kappa shape index (κ3) is 36.8. The van der Waals surface area contributed by atoms with Gasteiger partial charge >= 0.3 is 17.9 Å². The van der Waals surface area contributed by atoms with Crippen LogP contribution in [0.5, 0.6) is 11.5 Å². The zero-order valence-corrected chi connectivity index (χ0v) is 68.8. The lowest BCUT2D eigenvalue weighted by Crippen LogP contribution is -2.61. The standard InChI is InChI=1S/C77H105N17O23S3/c1-41(2)65(76(115)87-50(77(116)117)17-11-12-27-78)94-73(112)56(34-64(103)104)91-68(107)49(26-28-120-4)86-72(111)54(32-46-20-24-48(96)25-21-46)89-74(113)57(39-118)92-66(105)42(3)83-69(108)53(31-45-18-22-47(95)23-19-45)88-70(109)51(29-43-13-7-5-8-14-43)85-62(100)38-82-67(106)55(33-63(101)102)90-75(114)58(40-119)93-71(110)52(30-44-15-9-6-10-16-44)84-61(99)37-81-60(98)36-80-59(97)35-79/h5-10,13-16,18-25,41-42,49-58,65,95-96,118-119H,11-12,17,26-40,78-79H2,1-4H3,(H,80,97)(H,81,98)(H,82,106)(H,83,108)(H,84,99)(H,85,100)(H,86,111)(H,87,115)(H,88,109)(H,89,113)(H,90,114)(H,91,107)(H,92,105)(H,93,110)(H,94,112)(H,101,102)(H,103,104)(H,116,117)/t42-,49-,50-,51-,52+,53-,54+,55-,56-,57-,58-,65-/m0/s1. The minimum Gasteiger partial charge on any atom is -0.508 e. The van der Waals surface area contributed by atoms with Crippen LogP contribution in [-0.4, -0.2) is 261 Å². The zero-order valence-electron chi connectivity index (χ0n) is 66.2. The molecule has 0 bridgehead atoms. The number of benzene rings is 4. The fourth-order valence-electron chi connectivity index (χ4n) is 11.3. The van der Waals surface area contributed by atoms with Crippen molar-refractivity contribution in [3.8, 4) is 11.5 Å². The molecule has 12 atom stereocenters. The molecule has 0 aliphatic heterocycles. The van der Waals surface area contributed by atoms with Gasteiger partial charge in [0.1, 0.15) is 84.0 Å². The lowest BCUT2D eigenvalue weighted by Gasteiger charge is -2.28. The number of carbonyl (C=O) groups excluding carboxylic acids is 15. The molecule has 0 heterocycles. The highest BCUT2D eigenvalue weighted by Gasteiger charge is 2.38. The Kier molecular flexibility index (Phi) is 44.0. The van der Waals surface area contributed by atoms with E-state index in [1.165, 1.54) is 81.1 Å². The molecule has 0 radical (unpaired) electrons. The smallest absolute Gasteiger partial charge is 0.326 e. The Labute approximate surface area is 705 Å². The van der Waals surface area contributed by atoms with Crippen molar-refractivity contribution in [2.75, 3.05) is 56.2 Å². The first-order valence-corrected chi connectivity index (χ1v) is 40.5. The maximum absolute atomic E-state index is 14.6. The number of carbonyl (C=O) groups is 18. The molecule has 0 saturated carbocycles. The summed E-state index contributed by atoms with van der Waals surface area (Å²) in [6, 6.07) is 8.00. The van der Waals surface area contributed by atoms with Crippen LogP contribution >= 0.6 is 37.0 Å². The number of aromatic hydroxyl groups is 2. The summed E-state index contributed by atoms with van der Waals surface area (Å²) in [5, 5.41) is 85.8. The summed E-state index contributed by atoms with van der Waals surface area (Å²) in [7, 11) is 0. The van der Waals surface area contributed by atoms with E-state index in [4.69, 9.17) is 11.5 Å². The van der Waals surface area contributed by atoms with E-state index in [2.05, 4.69) is 105 Å². The van der Waals surface area contributed by atoms with Gasteiger partial charge in [-0.2, -0.15) is 37.0 Å². The van der Waals surface area contributed by atoms with Crippen molar-refractivity contribution < 1.29 is 112 Å². The first-order valence-electron chi connectivity index (χ1n) is 37.8. The Hall–Kier alpha value is -12.1. The number of aliphatic carboxylic acids is 3. The number of phenols is 2. The van der Waals surface area contributed by atoms with Gasteiger partial charge in [0, 0.05) is 37.2 Å². The molecular formula is C77H105N17O23S3. The topological polar surface area (TPSA) is 641 Å². The average Bonchev–Trinajstić information content (AvgIpc) is 0.850. The molecule has 24 N–H and O–H groups in total. The van der Waals surface area contributed by atoms with E-state index in [0.717, 1.165) is 0 Å². The molecule has 43 heteroatoms. The Morgan fingerprint density at radius 3 is 1.12 bits per heavy atom. The van der Waals surface area contributed by atoms with Gasteiger partial charge in [0.15, 0.2) is 0 Å². The number of carboxylic acids is 3. The van der Waals surface area contributed by atoms with Gasteiger partial charge in [-0.25, -0.2) is 4.79 Å². The number of amides is 15. The Balaban J connectivity index is 1.53. The highest BCUT2D eigenvalue weighted by atomic mass is 32.2. The number of nitrogens with one attached hydrogen (secondary N) is 15. The van der Waals surface area contributed by atoms with Crippen LogP contribution in [0.1, 0.15) is 81.5 Å². The summed E-state index contributed by atoms with van der Waals surface area (Å²) in [6.07, 6.45) is -0.887. The number of phenolic OH excluding ortho intramolecular Hbond substituents is 2. The quantitative estimate of drug-likeness (QED) is 0.0145. The van der Waals surface area contributed by atoms with E-state index >= 15 is 0 Å². The van der Waals surface area contributed by atoms with E-state index in [1.54, 1.807) is 66.9 Å². The molecule has 0 saturated heterocycles. The largest absolute Gasteiger partial charge is 0.508 e. The molecular weight excluding hydrogens is 1630 g/mol. The van der Waals surface area contributed by atoms with Gasteiger partial charge in [-0.05, 0) is 104 Å². The molecule has 4 aromatic carbocycles. The molecule has 0 aliphatic carbocycles. The maximum atomic E-state index is 14.6. The lowest BCUT2D eigenvalue weighted by atomic mass is 10.0. The van der Waals surface area contributed by atoms with Gasteiger partial charge in [-0.15, -0.1) is 0 Å². The Morgan fingerprint density at radius 1 is 0.358 bits per heavy atom. The minimum absolute atomic E-state index is 0.00458. The number of thiol groups is 2. The second-order valence-corrected chi connectivity index (χ2v) is 29.5. The van der Waals surface area contributed by atoms with Crippen LogP contribution < -0.4 is 91.2 Å². The summed E-state index contributed by atoms with van der Waals surface area (Å²) >= 11 is 9.70. The summed E-state index contributed by atoms with van der Waals surface area (Å²) in [4.78, 5) is 242. The third-order valence-corrected chi connectivity index (χ3v) is 19.2. The van der Waals surface area contributed by atoms with Crippen molar-refractivity contribution in [1.82, 2.24) is 79.8 Å². The van der Waals surface area contributed by atoms with Crippen LogP contribution in [-0.2, 0) is 112 Å². The van der Waals surface area contributed by atoms with Gasteiger partial charge in [-0.3, -0.25) is 81.5 Å². The summed E-state index contributed by atoms with van der Waals surface area (Å²) in [5.74, 6) is -21.3. The molecule has 0 fully saturated rings.